The molecule has 0 spiro atoms. The van der Waals surface area contributed by atoms with Gasteiger partial charge in [0.15, 0.2) is 10.4 Å². The van der Waals surface area contributed by atoms with Crippen molar-refractivity contribution in [3.05, 3.63) is 11.1 Å². The summed E-state index contributed by atoms with van der Waals surface area (Å²) in [4.78, 5) is 11.6. The fourth-order valence-electron chi connectivity index (χ4n) is 3.00. The summed E-state index contributed by atoms with van der Waals surface area (Å²) in [7, 11) is 1.61. The monoisotopic (exact) mass is 278 g/mol. The number of ether oxygens (including phenoxy) is 1. The highest BCUT2D eigenvalue weighted by molar-refractivity contribution is 7.71. The first-order valence-electron chi connectivity index (χ1n) is 6.68. The van der Waals surface area contributed by atoms with Crippen LogP contribution in [0.15, 0.2) is 6.33 Å². The average Bonchev–Trinajstić information content (AvgIpc) is 2.95. The fourth-order valence-corrected chi connectivity index (χ4v) is 3.26. The molecule has 1 aliphatic carbocycles. The van der Waals surface area contributed by atoms with Gasteiger partial charge in [-0.05, 0) is 30.5 Å². The van der Waals surface area contributed by atoms with Gasteiger partial charge in [0, 0.05) is 6.54 Å². The maximum absolute atomic E-state index is 5.42. The number of methoxy groups -OCH3 is 1. The van der Waals surface area contributed by atoms with Gasteiger partial charge in [0.25, 0.3) is 0 Å². The van der Waals surface area contributed by atoms with Crippen molar-refractivity contribution in [2.24, 2.45) is 11.8 Å². The number of rotatable bonds is 3. The van der Waals surface area contributed by atoms with Crippen LogP contribution in [0.1, 0.15) is 26.2 Å². The molecule has 1 saturated carbocycles. The van der Waals surface area contributed by atoms with E-state index in [0.717, 1.165) is 23.6 Å². The Balaban J connectivity index is 2.03. The quantitative estimate of drug-likeness (QED) is 0.877. The van der Waals surface area contributed by atoms with Crippen molar-refractivity contribution in [1.82, 2.24) is 19.5 Å². The topological polar surface area (TPSA) is 55.7 Å². The van der Waals surface area contributed by atoms with Crippen molar-refractivity contribution in [2.75, 3.05) is 7.11 Å². The normalized spacial score (nSPS) is 23.1. The second kappa shape index (κ2) is 4.92. The molecule has 1 aliphatic rings. The number of imidazole rings is 1. The molecule has 2 aromatic rings. The van der Waals surface area contributed by atoms with Crippen molar-refractivity contribution >= 4 is 23.4 Å². The van der Waals surface area contributed by atoms with Crippen LogP contribution in [0.3, 0.4) is 0 Å². The van der Waals surface area contributed by atoms with Crippen molar-refractivity contribution in [2.45, 2.75) is 32.7 Å². The van der Waals surface area contributed by atoms with Gasteiger partial charge in [-0.25, -0.2) is 4.98 Å². The molecule has 3 rings (SSSR count). The number of aromatic amines is 1. The Kier molecular flexibility index (Phi) is 3.26. The Hall–Kier alpha value is -1.43. The van der Waals surface area contributed by atoms with Crippen molar-refractivity contribution in [3.63, 3.8) is 0 Å². The van der Waals surface area contributed by atoms with Crippen LogP contribution in [0.4, 0.5) is 0 Å². The molecule has 0 radical (unpaired) electrons. The molecule has 2 atom stereocenters. The van der Waals surface area contributed by atoms with E-state index in [2.05, 4.69) is 26.4 Å². The molecule has 19 heavy (non-hydrogen) atoms. The highest BCUT2D eigenvalue weighted by Crippen LogP contribution is 2.33. The van der Waals surface area contributed by atoms with Gasteiger partial charge < -0.3 is 14.3 Å². The molecule has 0 aliphatic heterocycles. The van der Waals surface area contributed by atoms with E-state index in [1.54, 1.807) is 7.11 Å². The van der Waals surface area contributed by atoms with Crippen LogP contribution in [-0.4, -0.2) is 26.6 Å². The standard InChI is InChI=1S/C13H18N4OS/c1-8-4-3-5-9(8)6-17-11-10(16-13(17)19)12(18-2)15-7-14-11/h7-9H,3-6H2,1-2H3,(H,16,19). The lowest BCUT2D eigenvalue weighted by molar-refractivity contribution is 0.365. The first kappa shape index (κ1) is 12.6. The van der Waals surface area contributed by atoms with Crippen LogP contribution in [0, 0.1) is 16.6 Å². The summed E-state index contributed by atoms with van der Waals surface area (Å²) in [5.41, 5.74) is 1.64. The molecule has 102 valence electrons. The summed E-state index contributed by atoms with van der Waals surface area (Å²) in [6.07, 6.45) is 5.44. The highest BCUT2D eigenvalue weighted by atomic mass is 32.1. The van der Waals surface area contributed by atoms with Gasteiger partial charge in [0.05, 0.1) is 7.11 Å². The number of H-pyrrole nitrogens is 1. The van der Waals surface area contributed by atoms with Gasteiger partial charge in [-0.15, -0.1) is 0 Å². The maximum Gasteiger partial charge on any atom is 0.242 e. The third-order valence-corrected chi connectivity index (χ3v) is 4.50. The average molecular weight is 278 g/mol. The molecule has 2 unspecified atom stereocenters. The fraction of sp³-hybridized carbons (Fsp3) is 0.615. The Bertz CT molecular complexity index is 648. The highest BCUT2D eigenvalue weighted by Gasteiger charge is 2.25. The molecule has 0 bridgehead atoms. The summed E-state index contributed by atoms with van der Waals surface area (Å²) >= 11 is 5.42. The predicted molar refractivity (Wildman–Crippen MR) is 75.8 cm³/mol. The first-order valence-corrected chi connectivity index (χ1v) is 7.09. The summed E-state index contributed by atoms with van der Waals surface area (Å²) in [6.45, 7) is 3.26. The Morgan fingerprint density at radius 3 is 3.00 bits per heavy atom. The largest absolute Gasteiger partial charge is 0.479 e. The van der Waals surface area contributed by atoms with E-state index in [9.17, 15) is 0 Å². The van der Waals surface area contributed by atoms with E-state index in [0.29, 0.717) is 16.6 Å². The smallest absolute Gasteiger partial charge is 0.242 e. The number of aromatic nitrogens is 4. The molecule has 1 fully saturated rings. The summed E-state index contributed by atoms with van der Waals surface area (Å²) in [6, 6.07) is 0. The maximum atomic E-state index is 5.42. The summed E-state index contributed by atoms with van der Waals surface area (Å²) < 4.78 is 8.03. The van der Waals surface area contributed by atoms with Crippen molar-refractivity contribution < 1.29 is 4.74 Å². The summed E-state index contributed by atoms with van der Waals surface area (Å²) in [5.74, 6) is 2.00. The van der Waals surface area contributed by atoms with Crippen LogP contribution < -0.4 is 4.74 Å². The molecule has 6 heteroatoms. The third kappa shape index (κ3) is 2.14. The van der Waals surface area contributed by atoms with Gasteiger partial charge in [-0.2, -0.15) is 4.98 Å². The van der Waals surface area contributed by atoms with Gasteiger partial charge in [-0.1, -0.05) is 19.8 Å². The minimum Gasteiger partial charge on any atom is -0.479 e. The molecule has 0 saturated heterocycles. The zero-order valence-corrected chi connectivity index (χ0v) is 12.0. The van der Waals surface area contributed by atoms with Crippen molar-refractivity contribution in [3.8, 4) is 5.88 Å². The van der Waals surface area contributed by atoms with Crippen LogP contribution in [0.25, 0.3) is 11.2 Å². The van der Waals surface area contributed by atoms with Crippen LogP contribution >= 0.6 is 12.2 Å². The zero-order valence-electron chi connectivity index (χ0n) is 11.2. The van der Waals surface area contributed by atoms with Crippen LogP contribution in [-0.2, 0) is 6.54 Å². The minimum absolute atomic E-state index is 0.550. The SMILES string of the molecule is COc1ncnc2c1[nH]c(=S)n2CC1CCCC1C. The second-order valence-electron chi connectivity index (χ2n) is 5.29. The van der Waals surface area contributed by atoms with Gasteiger partial charge >= 0.3 is 0 Å². The summed E-state index contributed by atoms with van der Waals surface area (Å²) in [5, 5.41) is 0. The molecule has 2 heterocycles. The molecule has 0 amide bonds. The number of nitrogens with one attached hydrogen (secondary N) is 1. The van der Waals surface area contributed by atoms with Gasteiger partial charge in [0.1, 0.15) is 11.8 Å². The first-order chi connectivity index (χ1) is 9.20. The Morgan fingerprint density at radius 2 is 2.32 bits per heavy atom. The number of fused-ring (bicyclic) bond motifs is 1. The lowest BCUT2D eigenvalue weighted by Gasteiger charge is -2.15. The predicted octanol–water partition coefficient (Wildman–Crippen LogP) is 2.93. The molecular formula is C13H18N4OS. The molecule has 0 aromatic carbocycles. The second-order valence-corrected chi connectivity index (χ2v) is 5.68. The molecule has 2 aromatic heterocycles. The van der Waals surface area contributed by atoms with E-state index in [1.807, 2.05) is 0 Å². The molecule has 1 N–H and O–H groups in total. The lowest BCUT2D eigenvalue weighted by Crippen LogP contribution is -2.13. The zero-order chi connectivity index (χ0) is 13.4. The third-order valence-electron chi connectivity index (χ3n) is 4.17. The number of hydrogen-bond donors (Lipinski definition) is 1. The van der Waals surface area contributed by atoms with Crippen LogP contribution in [0.2, 0.25) is 0 Å². The van der Waals surface area contributed by atoms with Gasteiger partial charge in [-0.3, -0.25) is 0 Å². The Morgan fingerprint density at radius 1 is 1.47 bits per heavy atom. The van der Waals surface area contributed by atoms with E-state index < -0.39 is 0 Å². The van der Waals surface area contributed by atoms with E-state index in [1.165, 1.54) is 25.6 Å². The number of hydrogen-bond acceptors (Lipinski definition) is 4. The lowest BCUT2D eigenvalue weighted by atomic mass is 9.98. The molecular weight excluding hydrogens is 260 g/mol. The van der Waals surface area contributed by atoms with E-state index in [4.69, 9.17) is 17.0 Å². The van der Waals surface area contributed by atoms with Crippen molar-refractivity contribution in [1.29, 1.82) is 0 Å². The van der Waals surface area contributed by atoms with Crippen LogP contribution in [0.5, 0.6) is 5.88 Å². The molecule has 5 nitrogen and oxygen atoms in total. The number of nitrogens with zero attached hydrogens (tertiary/aromatic N) is 3. The Labute approximate surface area is 117 Å². The van der Waals surface area contributed by atoms with E-state index in [-0.39, 0.29) is 0 Å². The van der Waals surface area contributed by atoms with Gasteiger partial charge in [0.2, 0.25) is 5.88 Å². The van der Waals surface area contributed by atoms with E-state index >= 15 is 0 Å². The minimum atomic E-state index is 0.550.